The van der Waals surface area contributed by atoms with Gasteiger partial charge in [-0.25, -0.2) is 0 Å². The molecular formula is C23H22ClNO3. The number of ether oxygens (including phenoxy) is 2. The van der Waals surface area contributed by atoms with E-state index in [-0.39, 0.29) is 5.91 Å². The van der Waals surface area contributed by atoms with Gasteiger partial charge in [0.15, 0.2) is 0 Å². The summed E-state index contributed by atoms with van der Waals surface area (Å²) in [5.41, 5.74) is 2.43. The Morgan fingerprint density at radius 3 is 2.25 bits per heavy atom. The number of rotatable bonds is 8. The maximum atomic E-state index is 12.3. The van der Waals surface area contributed by atoms with Gasteiger partial charge in [-0.05, 0) is 73.2 Å². The lowest BCUT2D eigenvalue weighted by Crippen LogP contribution is -2.11. The molecule has 0 fully saturated rings. The number of anilines is 1. The van der Waals surface area contributed by atoms with E-state index in [0.717, 1.165) is 17.9 Å². The van der Waals surface area contributed by atoms with Crippen molar-refractivity contribution in [1.29, 1.82) is 0 Å². The van der Waals surface area contributed by atoms with E-state index in [1.165, 1.54) is 5.56 Å². The Morgan fingerprint density at radius 2 is 1.57 bits per heavy atom. The zero-order valence-electron chi connectivity index (χ0n) is 15.7. The molecule has 1 N–H and O–H groups in total. The van der Waals surface area contributed by atoms with Crippen LogP contribution in [0.5, 0.6) is 11.5 Å². The minimum Gasteiger partial charge on any atom is -0.493 e. The van der Waals surface area contributed by atoms with Gasteiger partial charge in [0.05, 0.1) is 13.2 Å². The summed E-state index contributed by atoms with van der Waals surface area (Å²) >= 11 is 5.85. The highest BCUT2D eigenvalue weighted by Gasteiger charge is 2.06. The topological polar surface area (TPSA) is 47.6 Å². The normalized spacial score (nSPS) is 10.4. The lowest BCUT2D eigenvalue weighted by atomic mass is 10.2. The lowest BCUT2D eigenvalue weighted by Gasteiger charge is -2.09. The third-order valence-electron chi connectivity index (χ3n) is 4.03. The second-order valence-electron chi connectivity index (χ2n) is 6.35. The molecule has 0 aliphatic rings. The summed E-state index contributed by atoms with van der Waals surface area (Å²) in [6.07, 6.45) is 0.771. The molecule has 0 aliphatic heterocycles. The van der Waals surface area contributed by atoms with Crippen LogP contribution in [0.15, 0.2) is 72.8 Å². The Balaban J connectivity index is 1.41. The van der Waals surface area contributed by atoms with Crippen LogP contribution in [0, 0.1) is 6.92 Å². The third kappa shape index (κ3) is 6.03. The van der Waals surface area contributed by atoms with Crippen LogP contribution in [0.3, 0.4) is 0 Å². The molecule has 0 bridgehead atoms. The zero-order chi connectivity index (χ0) is 19.8. The molecule has 0 aromatic heterocycles. The first-order valence-electron chi connectivity index (χ1n) is 9.09. The van der Waals surface area contributed by atoms with Gasteiger partial charge in [0.1, 0.15) is 11.5 Å². The van der Waals surface area contributed by atoms with Crippen molar-refractivity contribution in [2.75, 3.05) is 18.5 Å². The van der Waals surface area contributed by atoms with Crippen LogP contribution in [-0.4, -0.2) is 19.1 Å². The number of carbonyl (C=O) groups excluding carboxylic acids is 1. The fourth-order valence-corrected chi connectivity index (χ4v) is 2.71. The van der Waals surface area contributed by atoms with E-state index in [9.17, 15) is 4.79 Å². The second-order valence-corrected chi connectivity index (χ2v) is 6.79. The molecule has 28 heavy (non-hydrogen) atoms. The molecule has 0 atom stereocenters. The number of halogens is 1. The molecule has 3 aromatic carbocycles. The molecular weight excluding hydrogens is 374 g/mol. The monoisotopic (exact) mass is 395 g/mol. The highest BCUT2D eigenvalue weighted by atomic mass is 35.5. The fraction of sp³-hybridized carbons (Fsp3) is 0.174. The average molecular weight is 396 g/mol. The summed E-state index contributed by atoms with van der Waals surface area (Å²) < 4.78 is 11.4. The molecule has 0 heterocycles. The maximum Gasteiger partial charge on any atom is 0.255 e. The number of benzene rings is 3. The van der Waals surface area contributed by atoms with Gasteiger partial charge in [0.25, 0.3) is 5.91 Å². The summed E-state index contributed by atoms with van der Waals surface area (Å²) in [6, 6.07) is 22.0. The Morgan fingerprint density at radius 1 is 0.893 bits per heavy atom. The van der Waals surface area contributed by atoms with Gasteiger partial charge in [-0.1, -0.05) is 23.7 Å². The van der Waals surface area contributed by atoms with E-state index in [1.54, 1.807) is 48.5 Å². The van der Waals surface area contributed by atoms with Crippen LogP contribution < -0.4 is 14.8 Å². The van der Waals surface area contributed by atoms with E-state index >= 15 is 0 Å². The lowest BCUT2D eigenvalue weighted by molar-refractivity contribution is 0.102. The Kier molecular flexibility index (Phi) is 6.93. The summed E-state index contributed by atoms with van der Waals surface area (Å²) in [5.74, 6) is 1.41. The average Bonchev–Trinajstić information content (AvgIpc) is 2.70. The molecule has 0 spiro atoms. The number of nitrogens with one attached hydrogen (secondary N) is 1. The minimum absolute atomic E-state index is 0.180. The van der Waals surface area contributed by atoms with Crippen molar-refractivity contribution in [3.05, 3.63) is 88.9 Å². The first-order chi connectivity index (χ1) is 13.6. The van der Waals surface area contributed by atoms with Crippen molar-refractivity contribution < 1.29 is 14.3 Å². The number of hydrogen-bond acceptors (Lipinski definition) is 3. The fourth-order valence-electron chi connectivity index (χ4n) is 2.58. The summed E-state index contributed by atoms with van der Waals surface area (Å²) in [5, 5.41) is 3.46. The molecule has 0 aliphatic carbocycles. The van der Waals surface area contributed by atoms with Crippen LogP contribution in [0.1, 0.15) is 22.3 Å². The molecule has 0 radical (unpaired) electrons. The van der Waals surface area contributed by atoms with Crippen molar-refractivity contribution in [3.8, 4) is 11.5 Å². The van der Waals surface area contributed by atoms with Gasteiger partial charge in [0.2, 0.25) is 0 Å². The Labute approximate surface area is 170 Å². The van der Waals surface area contributed by atoms with Crippen molar-refractivity contribution in [1.82, 2.24) is 0 Å². The minimum atomic E-state index is -0.180. The van der Waals surface area contributed by atoms with Crippen molar-refractivity contribution in [3.63, 3.8) is 0 Å². The van der Waals surface area contributed by atoms with Gasteiger partial charge in [0, 0.05) is 22.7 Å². The summed E-state index contributed by atoms with van der Waals surface area (Å²) in [6.45, 7) is 3.17. The van der Waals surface area contributed by atoms with E-state index in [4.69, 9.17) is 21.1 Å². The van der Waals surface area contributed by atoms with Crippen molar-refractivity contribution in [2.24, 2.45) is 0 Å². The van der Waals surface area contributed by atoms with Gasteiger partial charge in [-0.15, -0.1) is 0 Å². The molecule has 144 valence electrons. The van der Waals surface area contributed by atoms with Crippen LogP contribution in [0.2, 0.25) is 5.02 Å². The summed E-state index contributed by atoms with van der Waals surface area (Å²) in [4.78, 5) is 12.3. The maximum absolute atomic E-state index is 12.3. The van der Waals surface area contributed by atoms with E-state index in [0.29, 0.717) is 29.5 Å². The van der Waals surface area contributed by atoms with Gasteiger partial charge in [-0.2, -0.15) is 0 Å². The van der Waals surface area contributed by atoms with E-state index < -0.39 is 0 Å². The molecule has 0 unspecified atom stereocenters. The smallest absolute Gasteiger partial charge is 0.255 e. The van der Waals surface area contributed by atoms with Crippen molar-refractivity contribution in [2.45, 2.75) is 13.3 Å². The van der Waals surface area contributed by atoms with E-state index in [2.05, 4.69) is 5.32 Å². The van der Waals surface area contributed by atoms with Crippen LogP contribution in [-0.2, 0) is 0 Å². The van der Waals surface area contributed by atoms with Gasteiger partial charge in [-0.3, -0.25) is 4.79 Å². The zero-order valence-corrected chi connectivity index (χ0v) is 16.4. The first-order valence-corrected chi connectivity index (χ1v) is 9.47. The van der Waals surface area contributed by atoms with Gasteiger partial charge < -0.3 is 14.8 Å². The third-order valence-corrected chi connectivity index (χ3v) is 4.29. The molecule has 3 aromatic rings. The standard InChI is InChI=1S/C23H22ClNO3/c1-17-4-2-5-22(16-17)28-15-3-14-27-21-12-6-18(7-13-21)23(26)25-20-10-8-19(24)9-11-20/h2,4-13,16H,3,14-15H2,1H3,(H,25,26). The van der Waals surface area contributed by atoms with Gasteiger partial charge >= 0.3 is 0 Å². The number of hydrogen-bond donors (Lipinski definition) is 1. The molecule has 5 heteroatoms. The molecule has 3 rings (SSSR count). The highest BCUT2D eigenvalue weighted by molar-refractivity contribution is 6.30. The quantitative estimate of drug-likeness (QED) is 0.494. The second kappa shape index (κ2) is 9.81. The number of aryl methyl sites for hydroxylation is 1. The predicted molar refractivity (Wildman–Crippen MR) is 113 cm³/mol. The molecule has 1 amide bonds. The van der Waals surface area contributed by atoms with Crippen LogP contribution in [0.25, 0.3) is 0 Å². The van der Waals surface area contributed by atoms with E-state index in [1.807, 2.05) is 31.2 Å². The molecule has 0 saturated carbocycles. The molecule has 4 nitrogen and oxygen atoms in total. The Bertz CT molecular complexity index is 908. The van der Waals surface area contributed by atoms with Crippen molar-refractivity contribution >= 4 is 23.2 Å². The first kappa shape index (κ1) is 19.8. The van der Waals surface area contributed by atoms with Crippen LogP contribution >= 0.6 is 11.6 Å². The largest absolute Gasteiger partial charge is 0.493 e. The Hall–Kier alpha value is -2.98. The summed E-state index contributed by atoms with van der Waals surface area (Å²) in [7, 11) is 0. The van der Waals surface area contributed by atoms with Crippen LogP contribution in [0.4, 0.5) is 5.69 Å². The SMILES string of the molecule is Cc1cccc(OCCCOc2ccc(C(=O)Nc3ccc(Cl)cc3)cc2)c1. The highest BCUT2D eigenvalue weighted by Crippen LogP contribution is 2.17. The molecule has 0 saturated heterocycles. The number of carbonyl (C=O) groups is 1. The predicted octanol–water partition coefficient (Wildman–Crippen LogP) is 5.75. The number of amides is 1.